The molecule has 2 heterocycles. The van der Waals surface area contributed by atoms with E-state index in [1.807, 2.05) is 0 Å². The van der Waals surface area contributed by atoms with Crippen molar-refractivity contribution in [1.29, 1.82) is 0 Å². The van der Waals surface area contributed by atoms with Crippen LogP contribution < -0.4 is 21.7 Å². The molecular formula is C20H14F2N6O2S. The van der Waals surface area contributed by atoms with Crippen molar-refractivity contribution < 1.29 is 18.4 Å². The van der Waals surface area contributed by atoms with Crippen molar-refractivity contribution in [3.05, 3.63) is 71.4 Å². The van der Waals surface area contributed by atoms with Crippen molar-refractivity contribution in [2.75, 3.05) is 21.7 Å². The van der Waals surface area contributed by atoms with Crippen molar-refractivity contribution in [3.8, 4) is 0 Å². The summed E-state index contributed by atoms with van der Waals surface area (Å²) in [6, 6.07) is 8.73. The summed E-state index contributed by atoms with van der Waals surface area (Å²) in [5.74, 6) is -2.22. The molecule has 0 spiro atoms. The lowest BCUT2D eigenvalue weighted by atomic mass is 10.2. The number of aromatic nitrogens is 2. The van der Waals surface area contributed by atoms with Gasteiger partial charge < -0.3 is 21.7 Å². The van der Waals surface area contributed by atoms with Gasteiger partial charge in [-0.3, -0.25) is 4.79 Å². The number of urea groups is 1. The number of nitrogens with one attached hydrogen (secondary N) is 3. The monoisotopic (exact) mass is 440 g/mol. The summed E-state index contributed by atoms with van der Waals surface area (Å²) in [4.78, 5) is 33.3. The zero-order valence-corrected chi connectivity index (χ0v) is 16.5. The largest absolute Gasteiger partial charge is 0.383 e. The number of nitrogens with zero attached hydrogens (tertiary/aromatic N) is 2. The van der Waals surface area contributed by atoms with Crippen LogP contribution in [0.15, 0.2) is 54.2 Å². The molecule has 0 fully saturated rings. The normalized spacial score (nSPS) is 10.6. The second kappa shape index (κ2) is 8.32. The number of nitrogens with two attached hydrogens (primary N) is 1. The highest BCUT2D eigenvalue weighted by Crippen LogP contribution is 2.28. The zero-order valence-electron chi connectivity index (χ0n) is 15.6. The molecule has 4 aromatic rings. The van der Waals surface area contributed by atoms with Gasteiger partial charge in [-0.25, -0.2) is 23.5 Å². The Bertz CT molecular complexity index is 1290. The molecule has 0 aliphatic rings. The fourth-order valence-corrected chi connectivity index (χ4v) is 3.66. The lowest BCUT2D eigenvalue weighted by Gasteiger charge is -2.09. The van der Waals surface area contributed by atoms with Crippen molar-refractivity contribution in [1.82, 2.24) is 9.97 Å². The van der Waals surface area contributed by atoms with Crippen molar-refractivity contribution >= 4 is 56.4 Å². The molecule has 0 saturated heterocycles. The number of carbonyl (C=O) groups is 2. The summed E-state index contributed by atoms with van der Waals surface area (Å²) >= 11 is 1.29. The van der Waals surface area contributed by atoms with Crippen molar-refractivity contribution in [2.45, 2.75) is 0 Å². The molecule has 31 heavy (non-hydrogen) atoms. The summed E-state index contributed by atoms with van der Waals surface area (Å²) in [6.45, 7) is 0. The Morgan fingerprint density at radius 1 is 0.871 bits per heavy atom. The fourth-order valence-electron chi connectivity index (χ4n) is 2.77. The lowest BCUT2D eigenvalue weighted by molar-refractivity contribution is 0.102. The van der Waals surface area contributed by atoms with Gasteiger partial charge in [0, 0.05) is 28.5 Å². The van der Waals surface area contributed by atoms with Crippen LogP contribution in [-0.4, -0.2) is 21.9 Å². The molecule has 2 aromatic carbocycles. The van der Waals surface area contributed by atoms with Gasteiger partial charge in [0.15, 0.2) is 11.6 Å². The Labute approximate surface area is 178 Å². The van der Waals surface area contributed by atoms with Crippen LogP contribution >= 0.6 is 11.3 Å². The third-order valence-electron chi connectivity index (χ3n) is 4.22. The van der Waals surface area contributed by atoms with Crippen LogP contribution in [0.3, 0.4) is 0 Å². The molecule has 11 heteroatoms. The Balaban J connectivity index is 1.40. The zero-order chi connectivity index (χ0) is 22.0. The summed E-state index contributed by atoms with van der Waals surface area (Å²) in [6.07, 6.45) is 1.34. The summed E-state index contributed by atoms with van der Waals surface area (Å²) in [5.41, 5.74) is 7.25. The summed E-state index contributed by atoms with van der Waals surface area (Å²) < 4.78 is 26.2. The number of benzene rings is 2. The SMILES string of the molecule is Nc1ncnc2scc(C(=O)Nc3ccc(NC(=O)Nc4ccc(F)c(F)c4)cc3)c12. The quantitative estimate of drug-likeness (QED) is 0.374. The van der Waals surface area contributed by atoms with E-state index in [2.05, 4.69) is 25.9 Å². The van der Waals surface area contributed by atoms with E-state index in [0.717, 1.165) is 12.1 Å². The van der Waals surface area contributed by atoms with E-state index in [1.165, 1.54) is 23.7 Å². The molecule has 0 saturated carbocycles. The van der Waals surface area contributed by atoms with E-state index >= 15 is 0 Å². The Morgan fingerprint density at radius 2 is 1.52 bits per heavy atom. The van der Waals surface area contributed by atoms with Gasteiger partial charge in [-0.1, -0.05) is 0 Å². The number of rotatable bonds is 4. The van der Waals surface area contributed by atoms with E-state index in [-0.39, 0.29) is 17.4 Å². The minimum absolute atomic E-state index is 0.103. The second-order valence-corrected chi connectivity index (χ2v) is 7.19. The number of halogens is 2. The number of carbonyl (C=O) groups excluding carboxylic acids is 2. The van der Waals surface area contributed by atoms with Crippen LogP contribution in [0.4, 0.5) is 36.5 Å². The van der Waals surface area contributed by atoms with Gasteiger partial charge in [0.05, 0.1) is 10.9 Å². The molecule has 0 aliphatic carbocycles. The number of nitrogen functional groups attached to an aromatic ring is 1. The van der Waals surface area contributed by atoms with Gasteiger partial charge in [-0.15, -0.1) is 11.3 Å². The molecule has 3 amide bonds. The topological polar surface area (TPSA) is 122 Å². The van der Waals surface area contributed by atoms with Crippen LogP contribution in [0.5, 0.6) is 0 Å². The maximum Gasteiger partial charge on any atom is 0.323 e. The summed E-state index contributed by atoms with van der Waals surface area (Å²) in [5, 5.41) is 9.85. The van der Waals surface area contributed by atoms with E-state index in [9.17, 15) is 18.4 Å². The standard InChI is InChI=1S/C20H14F2N6O2S/c21-14-6-5-12(7-15(14)22)28-20(30)27-11-3-1-10(2-4-11)26-18(29)13-8-31-19-16(13)17(23)24-9-25-19/h1-9H,(H,26,29)(H2,23,24,25)(H2,27,28,30). The van der Waals surface area contributed by atoms with E-state index < -0.39 is 17.7 Å². The molecule has 5 N–H and O–H groups in total. The number of anilines is 4. The number of amides is 3. The van der Waals surface area contributed by atoms with E-state index in [0.29, 0.717) is 27.2 Å². The molecule has 156 valence electrons. The van der Waals surface area contributed by atoms with Crippen LogP contribution in [0, 0.1) is 11.6 Å². The highest BCUT2D eigenvalue weighted by molar-refractivity contribution is 7.17. The first-order valence-corrected chi connectivity index (χ1v) is 9.71. The first-order valence-electron chi connectivity index (χ1n) is 8.83. The predicted octanol–water partition coefficient (Wildman–Crippen LogP) is 4.45. The molecule has 8 nitrogen and oxygen atoms in total. The summed E-state index contributed by atoms with van der Waals surface area (Å²) in [7, 11) is 0. The molecule has 0 unspecified atom stereocenters. The highest BCUT2D eigenvalue weighted by atomic mass is 32.1. The second-order valence-electron chi connectivity index (χ2n) is 6.33. The van der Waals surface area contributed by atoms with Crippen LogP contribution in [0.25, 0.3) is 10.2 Å². The number of hydrogen-bond acceptors (Lipinski definition) is 6. The van der Waals surface area contributed by atoms with Gasteiger partial charge >= 0.3 is 6.03 Å². The number of hydrogen-bond donors (Lipinski definition) is 4. The first-order chi connectivity index (χ1) is 14.9. The Hall–Kier alpha value is -4.12. The molecule has 0 atom stereocenters. The van der Waals surface area contributed by atoms with Gasteiger partial charge in [0.1, 0.15) is 17.0 Å². The number of fused-ring (bicyclic) bond motifs is 1. The van der Waals surface area contributed by atoms with Gasteiger partial charge in [-0.05, 0) is 36.4 Å². The van der Waals surface area contributed by atoms with Crippen molar-refractivity contribution in [2.24, 2.45) is 0 Å². The van der Waals surface area contributed by atoms with E-state index in [1.54, 1.807) is 29.6 Å². The highest BCUT2D eigenvalue weighted by Gasteiger charge is 2.16. The lowest BCUT2D eigenvalue weighted by Crippen LogP contribution is -2.19. The average Bonchev–Trinajstić information content (AvgIpc) is 3.18. The molecule has 0 radical (unpaired) electrons. The Kier molecular flexibility index (Phi) is 5.41. The maximum absolute atomic E-state index is 13.2. The average molecular weight is 440 g/mol. The van der Waals surface area contributed by atoms with E-state index in [4.69, 9.17) is 5.73 Å². The molecular weight excluding hydrogens is 426 g/mol. The molecule has 0 aliphatic heterocycles. The third-order valence-corrected chi connectivity index (χ3v) is 5.11. The van der Waals surface area contributed by atoms with Gasteiger partial charge in [0.25, 0.3) is 5.91 Å². The molecule has 4 rings (SSSR count). The third kappa shape index (κ3) is 4.41. The minimum atomic E-state index is -1.07. The smallest absolute Gasteiger partial charge is 0.323 e. The first kappa shape index (κ1) is 20.2. The van der Waals surface area contributed by atoms with Crippen LogP contribution in [0.1, 0.15) is 10.4 Å². The van der Waals surface area contributed by atoms with Gasteiger partial charge in [0.2, 0.25) is 0 Å². The predicted molar refractivity (Wildman–Crippen MR) is 115 cm³/mol. The van der Waals surface area contributed by atoms with Crippen LogP contribution in [0.2, 0.25) is 0 Å². The number of thiophene rings is 1. The fraction of sp³-hybridized carbons (Fsp3) is 0. The van der Waals surface area contributed by atoms with Gasteiger partial charge in [-0.2, -0.15) is 0 Å². The van der Waals surface area contributed by atoms with Crippen molar-refractivity contribution in [3.63, 3.8) is 0 Å². The minimum Gasteiger partial charge on any atom is -0.383 e. The molecule has 2 aromatic heterocycles. The Morgan fingerprint density at radius 3 is 2.23 bits per heavy atom. The maximum atomic E-state index is 13.2. The molecule has 0 bridgehead atoms. The van der Waals surface area contributed by atoms with Crippen LogP contribution in [-0.2, 0) is 0 Å².